The van der Waals surface area contributed by atoms with Crippen LogP contribution in [0.2, 0.25) is 0 Å². The number of nitrogens with two attached hydrogens (primary N) is 1. The molecule has 0 heterocycles. The molecule has 0 aromatic heterocycles. The third-order valence-electron chi connectivity index (χ3n) is 4.25. The lowest BCUT2D eigenvalue weighted by atomic mass is 9.78. The van der Waals surface area contributed by atoms with Gasteiger partial charge in [0.25, 0.3) is 0 Å². The van der Waals surface area contributed by atoms with E-state index in [0.29, 0.717) is 6.04 Å². The number of anilines is 2. The molecular weight excluding hydrogens is 208 g/mol. The predicted octanol–water partition coefficient (Wildman–Crippen LogP) is 3.81. The molecule has 0 radical (unpaired) electrons. The zero-order valence-corrected chi connectivity index (χ0v) is 11.2. The van der Waals surface area contributed by atoms with Crippen LogP contribution in [-0.4, -0.2) is 6.04 Å². The monoisotopic (exact) mass is 232 g/mol. The molecule has 94 valence electrons. The topological polar surface area (TPSA) is 38.0 Å². The summed E-state index contributed by atoms with van der Waals surface area (Å²) in [6.07, 6.45) is 3.95. The number of nitrogen functional groups attached to an aromatic ring is 1. The van der Waals surface area contributed by atoms with Crippen molar-refractivity contribution in [1.82, 2.24) is 0 Å². The quantitative estimate of drug-likeness (QED) is 0.761. The van der Waals surface area contributed by atoms with Crippen molar-refractivity contribution in [2.45, 2.75) is 46.1 Å². The molecule has 3 unspecified atom stereocenters. The van der Waals surface area contributed by atoms with Crippen molar-refractivity contribution in [3.63, 3.8) is 0 Å². The minimum atomic E-state index is 0.573. The van der Waals surface area contributed by atoms with Gasteiger partial charge >= 0.3 is 0 Å². The molecule has 2 rings (SSSR count). The van der Waals surface area contributed by atoms with Crippen molar-refractivity contribution < 1.29 is 0 Å². The van der Waals surface area contributed by atoms with Gasteiger partial charge in [-0.1, -0.05) is 32.8 Å². The van der Waals surface area contributed by atoms with Crippen molar-refractivity contribution in [2.24, 2.45) is 11.8 Å². The molecule has 3 atom stereocenters. The van der Waals surface area contributed by atoms with Gasteiger partial charge in [-0.3, -0.25) is 0 Å². The number of rotatable bonds is 2. The maximum atomic E-state index is 6.06. The molecule has 17 heavy (non-hydrogen) atoms. The Morgan fingerprint density at radius 3 is 2.71 bits per heavy atom. The molecule has 1 aliphatic carbocycles. The van der Waals surface area contributed by atoms with Gasteiger partial charge in [0.1, 0.15) is 0 Å². The van der Waals surface area contributed by atoms with Gasteiger partial charge < -0.3 is 11.1 Å². The number of hydrogen-bond donors (Lipinski definition) is 2. The molecule has 0 amide bonds. The van der Waals surface area contributed by atoms with Crippen LogP contribution in [0, 0.1) is 18.8 Å². The minimum Gasteiger partial charge on any atom is -0.397 e. The fourth-order valence-corrected chi connectivity index (χ4v) is 2.80. The summed E-state index contributed by atoms with van der Waals surface area (Å²) >= 11 is 0. The molecule has 2 heteroatoms. The molecule has 3 N–H and O–H groups in total. The highest BCUT2D eigenvalue weighted by molar-refractivity contribution is 5.67. The second-order valence-corrected chi connectivity index (χ2v) is 5.61. The van der Waals surface area contributed by atoms with Crippen molar-refractivity contribution in [3.05, 3.63) is 23.8 Å². The summed E-state index contributed by atoms with van der Waals surface area (Å²) in [6.45, 7) is 6.79. The first kappa shape index (κ1) is 12.3. The highest BCUT2D eigenvalue weighted by Gasteiger charge is 2.27. The van der Waals surface area contributed by atoms with Gasteiger partial charge in [0, 0.05) is 6.04 Å². The maximum Gasteiger partial charge on any atom is 0.0576 e. The fourth-order valence-electron chi connectivity index (χ4n) is 2.80. The molecule has 2 nitrogen and oxygen atoms in total. The largest absolute Gasteiger partial charge is 0.397 e. The van der Waals surface area contributed by atoms with Crippen LogP contribution in [0.4, 0.5) is 11.4 Å². The van der Waals surface area contributed by atoms with E-state index < -0.39 is 0 Å². The van der Waals surface area contributed by atoms with Crippen molar-refractivity contribution >= 4 is 11.4 Å². The molecule has 0 bridgehead atoms. The summed E-state index contributed by atoms with van der Waals surface area (Å²) in [7, 11) is 0. The standard InChI is InChI=1S/C15H24N2/c1-10-7-8-15(13(16)9-10)17-14-6-4-5-11(2)12(14)3/h7-9,11-12,14,17H,4-6,16H2,1-3H3. The zero-order valence-electron chi connectivity index (χ0n) is 11.2. The van der Waals surface area contributed by atoms with Gasteiger partial charge in [-0.15, -0.1) is 0 Å². The summed E-state index contributed by atoms with van der Waals surface area (Å²) in [5, 5.41) is 3.63. The van der Waals surface area contributed by atoms with Crippen LogP contribution in [0.3, 0.4) is 0 Å². The summed E-state index contributed by atoms with van der Waals surface area (Å²) in [5.74, 6) is 1.54. The Morgan fingerprint density at radius 1 is 1.24 bits per heavy atom. The number of benzene rings is 1. The summed E-state index contributed by atoms with van der Waals surface area (Å²) in [4.78, 5) is 0. The van der Waals surface area contributed by atoms with Crippen LogP contribution >= 0.6 is 0 Å². The Labute approximate surface area is 105 Å². The van der Waals surface area contributed by atoms with Crippen LogP contribution in [0.15, 0.2) is 18.2 Å². The molecule has 0 saturated heterocycles. The fraction of sp³-hybridized carbons (Fsp3) is 0.600. The molecule has 1 fully saturated rings. The van der Waals surface area contributed by atoms with E-state index >= 15 is 0 Å². The van der Waals surface area contributed by atoms with E-state index in [2.05, 4.69) is 38.2 Å². The molecule has 1 aromatic carbocycles. The second kappa shape index (κ2) is 4.99. The Kier molecular flexibility index (Phi) is 3.60. The molecule has 0 spiro atoms. The maximum absolute atomic E-state index is 6.06. The lowest BCUT2D eigenvalue weighted by Crippen LogP contribution is -2.35. The van der Waals surface area contributed by atoms with Crippen LogP contribution < -0.4 is 11.1 Å². The molecule has 0 aliphatic heterocycles. The Morgan fingerprint density at radius 2 is 2.00 bits per heavy atom. The zero-order chi connectivity index (χ0) is 12.4. The lowest BCUT2D eigenvalue weighted by molar-refractivity contribution is 0.253. The van der Waals surface area contributed by atoms with E-state index in [0.717, 1.165) is 23.2 Å². The van der Waals surface area contributed by atoms with Gasteiger partial charge in [-0.05, 0) is 42.9 Å². The number of aryl methyl sites for hydroxylation is 1. The average molecular weight is 232 g/mol. The van der Waals surface area contributed by atoms with Crippen molar-refractivity contribution in [1.29, 1.82) is 0 Å². The molecular formula is C15H24N2. The smallest absolute Gasteiger partial charge is 0.0576 e. The minimum absolute atomic E-state index is 0.573. The van der Waals surface area contributed by atoms with Gasteiger partial charge in [0.05, 0.1) is 11.4 Å². The van der Waals surface area contributed by atoms with Crippen LogP contribution in [0.25, 0.3) is 0 Å². The Balaban J connectivity index is 2.09. The normalized spacial score (nSPS) is 29.0. The van der Waals surface area contributed by atoms with Crippen molar-refractivity contribution in [2.75, 3.05) is 11.1 Å². The highest BCUT2D eigenvalue weighted by atomic mass is 14.9. The number of hydrogen-bond acceptors (Lipinski definition) is 2. The third kappa shape index (κ3) is 2.74. The van der Waals surface area contributed by atoms with Crippen LogP contribution in [0.5, 0.6) is 0 Å². The van der Waals surface area contributed by atoms with E-state index in [1.807, 2.05) is 6.07 Å². The van der Waals surface area contributed by atoms with Crippen LogP contribution in [-0.2, 0) is 0 Å². The Bertz CT molecular complexity index is 387. The van der Waals surface area contributed by atoms with E-state index in [-0.39, 0.29) is 0 Å². The van der Waals surface area contributed by atoms with Crippen molar-refractivity contribution in [3.8, 4) is 0 Å². The van der Waals surface area contributed by atoms with E-state index in [4.69, 9.17) is 5.73 Å². The summed E-state index contributed by atoms with van der Waals surface area (Å²) < 4.78 is 0. The van der Waals surface area contributed by atoms with Gasteiger partial charge in [-0.25, -0.2) is 0 Å². The number of nitrogens with one attached hydrogen (secondary N) is 1. The third-order valence-corrected chi connectivity index (χ3v) is 4.25. The molecule has 1 aromatic rings. The Hall–Kier alpha value is -1.18. The van der Waals surface area contributed by atoms with Gasteiger partial charge in [-0.2, -0.15) is 0 Å². The highest BCUT2D eigenvalue weighted by Crippen LogP contribution is 2.32. The van der Waals surface area contributed by atoms with E-state index in [1.165, 1.54) is 24.8 Å². The van der Waals surface area contributed by atoms with Crippen LogP contribution in [0.1, 0.15) is 38.7 Å². The lowest BCUT2D eigenvalue weighted by Gasteiger charge is -2.35. The molecule has 1 aliphatic rings. The predicted molar refractivity (Wildman–Crippen MR) is 75.2 cm³/mol. The van der Waals surface area contributed by atoms with Gasteiger partial charge in [0.15, 0.2) is 0 Å². The second-order valence-electron chi connectivity index (χ2n) is 5.61. The van der Waals surface area contributed by atoms with E-state index in [9.17, 15) is 0 Å². The first-order valence-electron chi connectivity index (χ1n) is 6.70. The summed E-state index contributed by atoms with van der Waals surface area (Å²) in [6, 6.07) is 6.84. The summed E-state index contributed by atoms with van der Waals surface area (Å²) in [5.41, 5.74) is 9.25. The SMILES string of the molecule is Cc1ccc(NC2CCCC(C)C2C)c(N)c1. The first-order valence-corrected chi connectivity index (χ1v) is 6.70. The average Bonchev–Trinajstić information content (AvgIpc) is 2.28. The van der Waals surface area contributed by atoms with Gasteiger partial charge in [0.2, 0.25) is 0 Å². The molecule has 1 saturated carbocycles. The van der Waals surface area contributed by atoms with E-state index in [1.54, 1.807) is 0 Å². The first-order chi connectivity index (χ1) is 8.08.